The minimum absolute atomic E-state index is 0.216. The minimum atomic E-state index is -2.36. The second kappa shape index (κ2) is 24.7. The molecule has 14 heteroatoms. The SMILES string of the molecule is CCC[CH2][Sn]([CH2]CCC)([CH2]CCC)[c]1csc(C=O)n1.Cc1ccc(O)cc1Nc1ccnc2cc(-c3csc(C=O)n3)ccc12.Cc1ccc(O)cc1Nc1ccnc2cc(I)ccc12. The van der Waals surface area contributed by atoms with Crippen molar-refractivity contribution in [3.8, 4) is 22.8 Å². The van der Waals surface area contributed by atoms with E-state index in [0.717, 1.165) is 83.1 Å². The predicted molar refractivity (Wildman–Crippen MR) is 287 cm³/mol. The number of carbonyl (C=O) groups excluding carboxylic acids is 2. The first kappa shape index (κ1) is 50.4. The van der Waals surface area contributed by atoms with E-state index in [1.54, 1.807) is 48.0 Å². The van der Waals surface area contributed by atoms with Gasteiger partial charge < -0.3 is 20.8 Å². The molecule has 4 heterocycles. The van der Waals surface area contributed by atoms with Crippen molar-refractivity contribution in [2.75, 3.05) is 10.6 Å². The molecule has 0 saturated heterocycles. The molecule has 8 aromatic rings. The van der Waals surface area contributed by atoms with Gasteiger partial charge in [0.1, 0.15) is 11.5 Å². The molecule has 0 aliphatic carbocycles. The molecular formula is C52H57IN6O4S2Sn. The summed E-state index contributed by atoms with van der Waals surface area (Å²) in [6, 6.07) is 26.5. The van der Waals surface area contributed by atoms with Crippen LogP contribution in [0.25, 0.3) is 33.1 Å². The van der Waals surface area contributed by atoms with E-state index in [2.05, 4.69) is 92.5 Å². The fraction of sp³-hybridized carbons (Fsp3) is 0.269. The van der Waals surface area contributed by atoms with Gasteiger partial charge in [0.05, 0.1) is 16.7 Å². The molecule has 8 rings (SSSR count). The number of pyridine rings is 2. The van der Waals surface area contributed by atoms with Crippen LogP contribution in [0.15, 0.2) is 108 Å². The van der Waals surface area contributed by atoms with Crippen molar-refractivity contribution in [2.24, 2.45) is 0 Å². The van der Waals surface area contributed by atoms with Gasteiger partial charge in [-0.3, -0.25) is 14.8 Å². The zero-order chi connectivity index (χ0) is 47.1. The van der Waals surface area contributed by atoms with Crippen molar-refractivity contribution < 1.29 is 19.8 Å². The van der Waals surface area contributed by atoms with E-state index < -0.39 is 18.4 Å². The van der Waals surface area contributed by atoms with Crippen LogP contribution >= 0.6 is 45.3 Å². The van der Waals surface area contributed by atoms with Gasteiger partial charge in [0.25, 0.3) is 0 Å². The van der Waals surface area contributed by atoms with Crippen LogP contribution in [-0.2, 0) is 0 Å². The molecule has 4 aromatic carbocycles. The van der Waals surface area contributed by atoms with Crippen LogP contribution in [0, 0.1) is 17.4 Å². The molecule has 4 aromatic heterocycles. The quantitative estimate of drug-likeness (QED) is 0.0394. The van der Waals surface area contributed by atoms with Crippen molar-refractivity contribution in [1.29, 1.82) is 0 Å². The van der Waals surface area contributed by atoms with Gasteiger partial charge in [0.15, 0.2) is 11.3 Å². The summed E-state index contributed by atoms with van der Waals surface area (Å²) >= 11 is 2.79. The third-order valence-electron chi connectivity index (χ3n) is 11.5. The number of phenolic OH excluding ortho intramolecular Hbond substituents is 2. The fourth-order valence-corrected chi connectivity index (χ4v) is 26.7. The summed E-state index contributed by atoms with van der Waals surface area (Å²) in [5.74, 6) is 0.472. The normalized spacial score (nSPS) is 11.1. The first-order valence-electron chi connectivity index (χ1n) is 22.4. The number of hydrogen-bond acceptors (Lipinski definition) is 12. The standard InChI is InChI=1S/C20H15N3O2S.C16H13IN2O.C4H2NOS.3C4H9.Sn/c1-12-2-4-14(25)9-17(12)22-16-6-7-21-18-8-13(3-5-15(16)18)19-11-26-20(10-24)23-19;1-10-2-4-12(20)9-15(10)19-14-6-7-18-16-8-11(17)3-5-13(14)16;6-3-4-5-1-2-7-4;3*1-3-4-2;/h2-11,25H,1H3,(H,21,22);2-9,20H,1H3,(H,18,19);2-3H;3*1,3-4H2,2H3;. The number of aromatic hydroxyl groups is 2. The average Bonchev–Trinajstić information content (AvgIpc) is 4.03. The van der Waals surface area contributed by atoms with Crippen LogP contribution in [0.2, 0.25) is 13.3 Å². The van der Waals surface area contributed by atoms with Crippen molar-refractivity contribution in [3.05, 3.63) is 133 Å². The topological polar surface area (TPSA) is 150 Å². The Balaban J connectivity index is 0.000000166. The number of aryl methyl sites for hydroxylation is 2. The molecular weight excluding hydrogens is 1080 g/mol. The number of hydrogen-bond donors (Lipinski definition) is 4. The van der Waals surface area contributed by atoms with Crippen LogP contribution in [0.3, 0.4) is 0 Å². The number of phenols is 2. The molecule has 0 fully saturated rings. The van der Waals surface area contributed by atoms with Crippen molar-refractivity contribution in [2.45, 2.75) is 86.5 Å². The first-order valence-corrected chi connectivity index (χ1v) is 32.7. The maximum Gasteiger partial charge on any atom is 0.178 e. The molecule has 0 bridgehead atoms. The zero-order valence-electron chi connectivity index (χ0n) is 38.1. The van der Waals surface area contributed by atoms with E-state index >= 15 is 0 Å². The maximum absolute atomic E-state index is 11.0. The summed E-state index contributed by atoms with van der Waals surface area (Å²) in [7, 11) is 0. The van der Waals surface area contributed by atoms with Gasteiger partial charge in [-0.15, -0.1) is 11.3 Å². The van der Waals surface area contributed by atoms with E-state index in [1.165, 1.54) is 66.9 Å². The zero-order valence-corrected chi connectivity index (χ0v) is 44.7. The number of rotatable bonds is 17. The first-order chi connectivity index (χ1) is 32.0. The third-order valence-corrected chi connectivity index (χ3v) is 29.4. The Hall–Kier alpha value is -4.97. The Bertz CT molecular complexity index is 2870. The Labute approximate surface area is 413 Å². The molecule has 10 nitrogen and oxygen atoms in total. The molecule has 0 aliphatic rings. The summed E-state index contributed by atoms with van der Waals surface area (Å²) in [6.07, 6.45) is 13.1. The Kier molecular flexibility index (Phi) is 18.9. The molecule has 0 atom stereocenters. The van der Waals surface area contributed by atoms with Gasteiger partial charge in [-0.2, -0.15) is 0 Å². The second-order valence-corrected chi connectivity index (χ2v) is 32.4. The largest absolute Gasteiger partial charge is 0.508 e. The molecule has 0 aliphatic heterocycles. The van der Waals surface area contributed by atoms with Crippen LogP contribution in [0.1, 0.15) is 90.0 Å². The maximum atomic E-state index is 11.0. The Morgan fingerprint density at radius 3 is 1.61 bits per heavy atom. The van der Waals surface area contributed by atoms with E-state index in [9.17, 15) is 19.8 Å². The van der Waals surface area contributed by atoms with E-state index in [4.69, 9.17) is 4.98 Å². The number of benzene rings is 4. The number of aldehydes is 2. The molecule has 0 radical (unpaired) electrons. The predicted octanol–water partition coefficient (Wildman–Crippen LogP) is 14.5. The van der Waals surface area contributed by atoms with E-state index in [1.807, 2.05) is 61.7 Å². The van der Waals surface area contributed by atoms with E-state index in [0.29, 0.717) is 10.0 Å². The number of thiazole rings is 2. The van der Waals surface area contributed by atoms with Crippen LogP contribution < -0.4 is 14.3 Å². The van der Waals surface area contributed by atoms with Crippen LogP contribution in [0.5, 0.6) is 11.5 Å². The minimum Gasteiger partial charge on any atom is -0.508 e. The van der Waals surface area contributed by atoms with Gasteiger partial charge >= 0.3 is 132 Å². The number of nitrogens with one attached hydrogen (secondary N) is 2. The molecule has 0 unspecified atom stereocenters. The number of unbranched alkanes of at least 4 members (excludes halogenated alkanes) is 3. The molecule has 0 amide bonds. The van der Waals surface area contributed by atoms with Gasteiger partial charge in [-0.1, -0.05) is 24.3 Å². The molecule has 4 N–H and O–H groups in total. The summed E-state index contributed by atoms with van der Waals surface area (Å²) in [5.41, 5.74) is 9.22. The third kappa shape index (κ3) is 13.3. The summed E-state index contributed by atoms with van der Waals surface area (Å²) in [4.78, 5) is 39.6. The van der Waals surface area contributed by atoms with E-state index in [-0.39, 0.29) is 11.5 Å². The number of nitrogens with zero attached hydrogens (tertiary/aromatic N) is 4. The van der Waals surface area contributed by atoms with Gasteiger partial charge in [0.2, 0.25) is 0 Å². The molecule has 0 saturated carbocycles. The monoisotopic (exact) mass is 1140 g/mol. The summed E-state index contributed by atoms with van der Waals surface area (Å²) in [6.45, 7) is 10.8. The molecule has 342 valence electrons. The molecule has 66 heavy (non-hydrogen) atoms. The van der Waals surface area contributed by atoms with Crippen molar-refractivity contribution in [1.82, 2.24) is 19.9 Å². The summed E-state index contributed by atoms with van der Waals surface area (Å²) < 4.78 is 6.82. The van der Waals surface area contributed by atoms with Gasteiger partial charge in [0, 0.05) is 72.6 Å². The van der Waals surface area contributed by atoms with Gasteiger partial charge in [-0.25, -0.2) is 4.98 Å². The average molecular weight is 1140 g/mol. The summed E-state index contributed by atoms with van der Waals surface area (Å²) in [5, 5.41) is 33.3. The second-order valence-electron chi connectivity index (χ2n) is 16.3. The number of aromatic nitrogens is 4. The van der Waals surface area contributed by atoms with Crippen LogP contribution in [0.4, 0.5) is 22.7 Å². The molecule has 0 spiro atoms. The Morgan fingerprint density at radius 2 is 1.11 bits per heavy atom. The van der Waals surface area contributed by atoms with Crippen molar-refractivity contribution in [3.63, 3.8) is 0 Å². The Morgan fingerprint density at radius 1 is 0.606 bits per heavy atom. The number of anilines is 4. The number of fused-ring (bicyclic) bond motifs is 2. The van der Waals surface area contributed by atoms with Crippen LogP contribution in [-0.4, -0.2) is 61.1 Å². The number of carbonyl (C=O) groups is 2. The van der Waals surface area contributed by atoms with Crippen molar-refractivity contribution >= 4 is 124 Å². The smallest absolute Gasteiger partial charge is 0.178 e. The number of halogens is 1. The fourth-order valence-electron chi connectivity index (χ4n) is 7.79. The van der Waals surface area contributed by atoms with Gasteiger partial charge in [-0.05, 0) is 96.1 Å².